The minimum Gasteiger partial charge on any atom is -0.295 e. The Bertz CT molecular complexity index is 507. The fraction of sp³-hybridized carbons (Fsp3) is 0.250. The van der Waals surface area contributed by atoms with Gasteiger partial charge in [-0.25, -0.2) is 0 Å². The molecule has 1 aromatic carbocycles. The van der Waals surface area contributed by atoms with E-state index in [1.807, 2.05) is 0 Å². The second kappa shape index (κ2) is 4.93. The lowest BCUT2D eigenvalue weighted by Gasteiger charge is -2.21. The van der Waals surface area contributed by atoms with Gasteiger partial charge in [0.05, 0.1) is 17.2 Å². The number of ketones is 1. The lowest BCUT2D eigenvalue weighted by Crippen LogP contribution is -2.44. The Morgan fingerprint density at radius 1 is 1.11 bits per heavy atom. The van der Waals surface area contributed by atoms with Crippen molar-refractivity contribution in [2.45, 2.75) is 16.7 Å². The molecule has 0 radical (unpaired) electrons. The summed E-state index contributed by atoms with van der Waals surface area (Å²) in [5.41, 5.74) is 0.700. The van der Waals surface area contributed by atoms with E-state index < -0.39 is 21.6 Å². The second-order valence-corrected chi connectivity index (χ2v) is 6.97. The van der Waals surface area contributed by atoms with E-state index in [9.17, 15) is 14.4 Å². The maximum atomic E-state index is 12.1. The number of nitrogens with zero attached hydrogens (tertiary/aromatic N) is 1. The van der Waals surface area contributed by atoms with E-state index in [1.54, 1.807) is 31.2 Å². The minimum absolute atomic E-state index is 0.274. The van der Waals surface area contributed by atoms with Crippen LogP contribution in [-0.2, 0) is 4.79 Å². The molecule has 4 nitrogen and oxygen atoms in total. The first-order valence-corrected chi connectivity index (χ1v) is 7.07. The summed E-state index contributed by atoms with van der Waals surface area (Å²) in [7, 11) is 0. The van der Waals surface area contributed by atoms with E-state index in [1.165, 1.54) is 0 Å². The molecule has 94 valence electrons. The van der Waals surface area contributed by atoms with E-state index in [4.69, 9.17) is 0 Å². The number of alkyl halides is 2. The SMILES string of the molecule is CC(C(=O)C(Br)Br)N1C(=O)c2ccccc2C1=O. The van der Waals surface area contributed by atoms with Crippen LogP contribution in [0.1, 0.15) is 27.6 Å². The maximum Gasteiger partial charge on any atom is 0.262 e. The van der Waals surface area contributed by atoms with Crippen molar-refractivity contribution < 1.29 is 14.4 Å². The van der Waals surface area contributed by atoms with Gasteiger partial charge in [-0.3, -0.25) is 19.3 Å². The Morgan fingerprint density at radius 3 is 1.94 bits per heavy atom. The Hall–Kier alpha value is -1.01. The third kappa shape index (κ3) is 2.03. The number of carbonyl (C=O) groups is 3. The fourth-order valence-electron chi connectivity index (χ4n) is 1.87. The molecular weight excluding hydrogens is 366 g/mol. The molecule has 0 bridgehead atoms. The molecule has 1 unspecified atom stereocenters. The number of rotatable bonds is 3. The Balaban J connectivity index is 2.37. The van der Waals surface area contributed by atoms with Gasteiger partial charge in [0.2, 0.25) is 0 Å². The molecule has 0 spiro atoms. The van der Waals surface area contributed by atoms with Gasteiger partial charge in [0.15, 0.2) is 5.78 Å². The van der Waals surface area contributed by atoms with Crippen molar-refractivity contribution in [2.24, 2.45) is 0 Å². The summed E-state index contributed by atoms with van der Waals surface area (Å²) >= 11 is 6.16. The highest BCUT2D eigenvalue weighted by molar-refractivity contribution is 9.25. The number of hydrogen-bond acceptors (Lipinski definition) is 3. The molecule has 0 fully saturated rings. The summed E-state index contributed by atoms with van der Waals surface area (Å²) in [5.74, 6) is -1.11. The molecule has 1 heterocycles. The minimum atomic E-state index is -0.804. The Morgan fingerprint density at radius 2 is 1.56 bits per heavy atom. The van der Waals surface area contributed by atoms with Gasteiger partial charge in [0, 0.05) is 0 Å². The molecule has 0 aliphatic carbocycles. The summed E-state index contributed by atoms with van der Waals surface area (Å²) < 4.78 is -0.579. The van der Waals surface area contributed by atoms with Crippen molar-refractivity contribution in [2.75, 3.05) is 0 Å². The maximum absolute atomic E-state index is 12.1. The second-order valence-electron chi connectivity index (χ2n) is 3.90. The lowest BCUT2D eigenvalue weighted by molar-refractivity contribution is -0.120. The van der Waals surface area contributed by atoms with E-state index in [0.717, 1.165) is 4.90 Å². The van der Waals surface area contributed by atoms with E-state index in [0.29, 0.717) is 11.1 Å². The van der Waals surface area contributed by atoms with Crippen LogP contribution >= 0.6 is 31.9 Å². The third-order valence-electron chi connectivity index (χ3n) is 2.84. The number of hydrogen-bond donors (Lipinski definition) is 0. The molecule has 0 N–H and O–H groups in total. The third-order valence-corrected chi connectivity index (χ3v) is 3.74. The van der Waals surface area contributed by atoms with Gasteiger partial charge in [-0.1, -0.05) is 44.0 Å². The standard InChI is InChI=1S/C12H9Br2NO3/c1-6(9(16)10(13)14)15-11(17)7-4-2-3-5-8(7)12(15)18/h2-6,10H,1H3. The smallest absolute Gasteiger partial charge is 0.262 e. The molecule has 1 atom stereocenters. The van der Waals surface area contributed by atoms with Crippen LogP contribution in [0.3, 0.4) is 0 Å². The monoisotopic (exact) mass is 373 g/mol. The number of imide groups is 1. The number of amides is 2. The summed E-state index contributed by atoms with van der Waals surface area (Å²) in [5, 5.41) is 0. The van der Waals surface area contributed by atoms with Crippen LogP contribution in [0, 0.1) is 0 Å². The van der Waals surface area contributed by atoms with Crippen LogP contribution in [0.5, 0.6) is 0 Å². The van der Waals surface area contributed by atoms with Gasteiger partial charge in [-0.2, -0.15) is 0 Å². The number of fused-ring (bicyclic) bond motifs is 1. The first-order chi connectivity index (χ1) is 8.45. The van der Waals surface area contributed by atoms with Crippen molar-refractivity contribution in [3.63, 3.8) is 0 Å². The first kappa shape index (κ1) is 13.4. The average Bonchev–Trinajstić information content (AvgIpc) is 2.61. The normalized spacial score (nSPS) is 16.1. The number of benzene rings is 1. The van der Waals surface area contributed by atoms with Crippen LogP contribution in [0.15, 0.2) is 24.3 Å². The predicted molar refractivity (Wildman–Crippen MR) is 73.1 cm³/mol. The van der Waals surface area contributed by atoms with Gasteiger partial charge >= 0.3 is 0 Å². The molecule has 18 heavy (non-hydrogen) atoms. The van der Waals surface area contributed by atoms with Crippen molar-refractivity contribution in [1.82, 2.24) is 4.90 Å². The van der Waals surface area contributed by atoms with E-state index in [2.05, 4.69) is 31.9 Å². The van der Waals surface area contributed by atoms with Crippen molar-refractivity contribution >= 4 is 49.5 Å². The van der Waals surface area contributed by atoms with Gasteiger partial charge in [0.25, 0.3) is 11.8 Å². The molecule has 0 saturated carbocycles. The van der Waals surface area contributed by atoms with Gasteiger partial charge in [0.1, 0.15) is 3.74 Å². The van der Waals surface area contributed by atoms with E-state index in [-0.39, 0.29) is 5.78 Å². The van der Waals surface area contributed by atoms with Gasteiger partial charge < -0.3 is 0 Å². The molecule has 1 aromatic rings. The first-order valence-electron chi connectivity index (χ1n) is 5.24. The fourth-order valence-corrected chi connectivity index (χ4v) is 2.63. The molecule has 0 saturated heterocycles. The molecule has 1 aliphatic heterocycles. The number of halogens is 2. The zero-order chi connectivity index (χ0) is 13.4. The summed E-state index contributed by atoms with van der Waals surface area (Å²) in [6.45, 7) is 1.54. The molecule has 2 amide bonds. The lowest BCUT2D eigenvalue weighted by atomic mass is 10.1. The molecular formula is C12H9Br2NO3. The average molecular weight is 375 g/mol. The van der Waals surface area contributed by atoms with Crippen LogP contribution < -0.4 is 0 Å². The zero-order valence-corrected chi connectivity index (χ0v) is 12.6. The quantitative estimate of drug-likeness (QED) is 0.602. The number of Topliss-reactive ketones (excluding diaryl/α,β-unsaturated/α-hetero) is 1. The van der Waals surface area contributed by atoms with Crippen LogP contribution in [0.25, 0.3) is 0 Å². The predicted octanol–water partition coefficient (Wildman–Crippen LogP) is 2.36. The molecule has 0 aromatic heterocycles. The largest absolute Gasteiger partial charge is 0.295 e. The summed E-state index contributed by atoms with van der Waals surface area (Å²) in [4.78, 5) is 37.0. The summed E-state index contributed by atoms with van der Waals surface area (Å²) in [6, 6.07) is 5.76. The van der Waals surface area contributed by atoms with Gasteiger partial charge in [-0.05, 0) is 19.1 Å². The molecule has 6 heteroatoms. The van der Waals surface area contributed by atoms with Crippen molar-refractivity contribution in [3.05, 3.63) is 35.4 Å². The van der Waals surface area contributed by atoms with Crippen LogP contribution in [0.4, 0.5) is 0 Å². The number of carbonyl (C=O) groups excluding carboxylic acids is 3. The highest BCUT2D eigenvalue weighted by Gasteiger charge is 2.41. The Labute approximate surface area is 121 Å². The molecule has 1 aliphatic rings. The van der Waals surface area contributed by atoms with Gasteiger partial charge in [-0.15, -0.1) is 0 Å². The van der Waals surface area contributed by atoms with Crippen molar-refractivity contribution in [1.29, 1.82) is 0 Å². The highest BCUT2D eigenvalue weighted by Crippen LogP contribution is 2.26. The summed E-state index contributed by atoms with van der Waals surface area (Å²) in [6.07, 6.45) is 0. The zero-order valence-electron chi connectivity index (χ0n) is 9.39. The van der Waals surface area contributed by atoms with E-state index >= 15 is 0 Å². The highest BCUT2D eigenvalue weighted by atomic mass is 79.9. The topological polar surface area (TPSA) is 54.5 Å². The molecule has 2 rings (SSSR count). The Kier molecular flexibility index (Phi) is 3.68. The van der Waals surface area contributed by atoms with Crippen LogP contribution in [0.2, 0.25) is 0 Å². The van der Waals surface area contributed by atoms with Crippen molar-refractivity contribution in [3.8, 4) is 0 Å². The van der Waals surface area contributed by atoms with Crippen LogP contribution in [-0.4, -0.2) is 32.3 Å².